The third kappa shape index (κ3) is 3.51. The van der Waals surface area contributed by atoms with Gasteiger partial charge in [0, 0.05) is 0 Å². The second-order valence-electron chi connectivity index (χ2n) is 3.29. The molecule has 0 fully saturated rings. The summed E-state index contributed by atoms with van der Waals surface area (Å²) in [4.78, 5) is 0. The average Bonchev–Trinajstić information content (AvgIpc) is 2.11. The van der Waals surface area contributed by atoms with Crippen LogP contribution in [0.15, 0.2) is 43.9 Å². The van der Waals surface area contributed by atoms with Gasteiger partial charge in [-0.2, -0.15) is 0 Å². The van der Waals surface area contributed by atoms with Crippen LogP contribution >= 0.6 is 23.3 Å². The Morgan fingerprint density at radius 2 is 1.33 bits per heavy atom. The highest BCUT2D eigenvalue weighted by molar-refractivity contribution is 7.77. The van der Waals surface area contributed by atoms with Crippen LogP contribution in [0.3, 0.4) is 0 Å². The lowest BCUT2D eigenvalue weighted by molar-refractivity contribution is -0.407. The highest BCUT2D eigenvalue weighted by Crippen LogP contribution is 2.79. The van der Waals surface area contributed by atoms with Crippen molar-refractivity contribution in [2.75, 3.05) is 0 Å². The first-order valence-electron chi connectivity index (χ1n) is 4.50. The molecule has 1 aliphatic rings. The van der Waals surface area contributed by atoms with Crippen molar-refractivity contribution in [1.29, 1.82) is 0 Å². The minimum absolute atomic E-state index is 0.183. The van der Waals surface area contributed by atoms with Crippen LogP contribution in [0.25, 0.3) is 0 Å². The van der Waals surface area contributed by atoms with Crippen LogP contribution < -0.4 is 5.09 Å². The molecule has 0 aromatic heterocycles. The molecule has 1 aromatic carbocycles. The summed E-state index contributed by atoms with van der Waals surface area (Å²) < 4.78 is 72.7. The van der Waals surface area contributed by atoms with E-state index in [4.69, 9.17) is 0 Å². The molecule has 0 aliphatic carbocycles. The standard InChI is InChI=1S/C6H6F5N4P3/c7-16(8)13-17(9,10)15-18(11,14-16)12-6-4-2-1-3-5-6/h1-5,12H/p+1. The summed E-state index contributed by atoms with van der Waals surface area (Å²) in [6.45, 7) is 0. The third-order valence-electron chi connectivity index (χ3n) is 1.79. The Kier molecular flexibility index (Phi) is 3.54. The Bertz CT molecular complexity index is 610. The smallest absolute Gasteiger partial charge is 0.245 e. The van der Waals surface area contributed by atoms with Crippen molar-refractivity contribution < 1.29 is 26.1 Å². The SMILES string of the molecule is FP1(F)=NP(F)(F)=NP(F)([NH2+]c2ccccc2)=N1. The van der Waals surface area contributed by atoms with E-state index < -0.39 is 23.3 Å². The second kappa shape index (κ2) is 4.57. The first-order chi connectivity index (χ1) is 8.20. The Balaban J connectivity index is 2.47. The molecule has 100 valence electrons. The molecule has 1 heterocycles. The molecule has 2 N–H and O–H groups in total. The minimum Gasteiger partial charge on any atom is -0.245 e. The average molecular weight is 323 g/mol. The van der Waals surface area contributed by atoms with E-state index in [1.165, 1.54) is 24.3 Å². The molecule has 1 aliphatic heterocycles. The van der Waals surface area contributed by atoms with E-state index in [0.29, 0.717) is 5.09 Å². The molecule has 0 saturated carbocycles. The zero-order valence-electron chi connectivity index (χ0n) is 8.54. The summed E-state index contributed by atoms with van der Waals surface area (Å²) in [6, 6.07) is 7.45. The van der Waals surface area contributed by atoms with Crippen LogP contribution in [0, 0.1) is 0 Å². The molecule has 0 radical (unpaired) electrons. The van der Waals surface area contributed by atoms with Gasteiger partial charge in [0.05, 0.1) is 0 Å². The summed E-state index contributed by atoms with van der Waals surface area (Å²) in [5.74, 6) is 0. The van der Waals surface area contributed by atoms with Crippen molar-refractivity contribution in [1.82, 2.24) is 0 Å². The van der Waals surface area contributed by atoms with Gasteiger partial charge < -0.3 is 0 Å². The van der Waals surface area contributed by atoms with Crippen molar-refractivity contribution in [2.24, 2.45) is 13.5 Å². The van der Waals surface area contributed by atoms with Crippen molar-refractivity contribution in [3.8, 4) is 0 Å². The first kappa shape index (κ1) is 13.9. The van der Waals surface area contributed by atoms with Crippen molar-refractivity contribution in [3.05, 3.63) is 30.3 Å². The molecule has 4 nitrogen and oxygen atoms in total. The van der Waals surface area contributed by atoms with E-state index in [9.17, 15) is 21.0 Å². The number of halogens is 5. The summed E-state index contributed by atoms with van der Waals surface area (Å²) in [5.41, 5.74) is 0.183. The predicted molar refractivity (Wildman–Crippen MR) is 61.6 cm³/mol. The number of nitrogens with two attached hydrogens (primary N) is 1. The van der Waals surface area contributed by atoms with E-state index in [1.54, 1.807) is 6.07 Å². The van der Waals surface area contributed by atoms with Crippen molar-refractivity contribution >= 4 is 29.0 Å². The summed E-state index contributed by atoms with van der Waals surface area (Å²) in [7, 11) is -15.9. The fraction of sp³-hybridized carbons (Fsp3) is 0. The molecular weight excluding hydrogens is 316 g/mol. The summed E-state index contributed by atoms with van der Waals surface area (Å²) in [6.07, 6.45) is 0. The van der Waals surface area contributed by atoms with Gasteiger partial charge in [-0.25, -0.2) is 5.09 Å². The minimum atomic E-state index is -5.62. The number of rotatable bonds is 2. The van der Waals surface area contributed by atoms with Gasteiger partial charge in [0.15, 0.2) is 0 Å². The highest BCUT2D eigenvalue weighted by atomic mass is 31.3. The van der Waals surface area contributed by atoms with Crippen LogP contribution in [0.2, 0.25) is 0 Å². The zero-order chi connectivity index (χ0) is 13.4. The van der Waals surface area contributed by atoms with E-state index in [-0.39, 0.29) is 5.69 Å². The van der Waals surface area contributed by atoms with Crippen molar-refractivity contribution in [3.63, 3.8) is 0 Å². The first-order valence-corrected chi connectivity index (χ1v) is 9.11. The Labute approximate surface area is 99.6 Å². The van der Waals surface area contributed by atoms with Gasteiger partial charge >= 0.3 is 23.3 Å². The molecule has 2 rings (SSSR count). The van der Waals surface area contributed by atoms with Gasteiger partial charge in [0.25, 0.3) is 0 Å². The van der Waals surface area contributed by atoms with Crippen LogP contribution in [0.4, 0.5) is 26.7 Å². The molecule has 1 unspecified atom stereocenters. The highest BCUT2D eigenvalue weighted by Gasteiger charge is 2.42. The van der Waals surface area contributed by atoms with Gasteiger partial charge in [-0.1, -0.05) is 18.2 Å². The number of hydrogen-bond acceptors (Lipinski definition) is 3. The topological polar surface area (TPSA) is 53.7 Å². The Hall–Kier alpha value is -0.480. The molecule has 18 heavy (non-hydrogen) atoms. The Morgan fingerprint density at radius 1 is 0.778 bits per heavy atom. The zero-order valence-corrected chi connectivity index (χ0v) is 11.2. The normalized spacial score (nSPS) is 28.7. The van der Waals surface area contributed by atoms with Gasteiger partial charge in [0.2, 0.25) is 0 Å². The van der Waals surface area contributed by atoms with Gasteiger partial charge in [-0.05, 0) is 12.1 Å². The number of hydrogen-bond donors (Lipinski definition) is 1. The van der Waals surface area contributed by atoms with Gasteiger partial charge in [-0.3, -0.25) is 0 Å². The maximum absolute atomic E-state index is 14.0. The molecule has 0 saturated heterocycles. The lowest BCUT2D eigenvalue weighted by atomic mass is 10.3. The number of benzene rings is 1. The van der Waals surface area contributed by atoms with Crippen LogP contribution in [-0.4, -0.2) is 0 Å². The second-order valence-corrected chi connectivity index (χ2v) is 8.65. The molecule has 0 bridgehead atoms. The van der Waals surface area contributed by atoms with Crippen LogP contribution in [-0.2, 0) is 0 Å². The monoisotopic (exact) mass is 323 g/mol. The largest absolute Gasteiger partial charge is 0.447 e. The molecular formula is C6H7F5N4P3+. The molecule has 1 atom stereocenters. The fourth-order valence-electron chi connectivity index (χ4n) is 1.27. The summed E-state index contributed by atoms with van der Waals surface area (Å²) >= 11 is 0. The van der Waals surface area contributed by atoms with Crippen LogP contribution in [0.5, 0.6) is 0 Å². The maximum Gasteiger partial charge on any atom is 0.447 e. The summed E-state index contributed by atoms with van der Waals surface area (Å²) in [5, 5.41) is 0.642. The number of quaternary nitrogens is 1. The lowest BCUT2D eigenvalue weighted by Crippen LogP contribution is -2.70. The van der Waals surface area contributed by atoms with E-state index in [0.717, 1.165) is 0 Å². The molecule has 12 heteroatoms. The molecule has 1 aromatic rings. The quantitative estimate of drug-likeness (QED) is 0.420. The van der Waals surface area contributed by atoms with E-state index in [2.05, 4.69) is 9.03 Å². The number of nitrogens with zero attached hydrogens (tertiary/aromatic N) is 3. The molecule has 0 spiro atoms. The van der Waals surface area contributed by atoms with Crippen LogP contribution in [0.1, 0.15) is 0 Å². The fourth-order valence-corrected chi connectivity index (χ4v) is 7.08. The lowest BCUT2D eigenvalue weighted by Gasteiger charge is -2.13. The third-order valence-corrected chi connectivity index (χ3v) is 7.87. The maximum atomic E-state index is 14.0. The van der Waals surface area contributed by atoms with Gasteiger partial charge in [0.1, 0.15) is 5.69 Å². The predicted octanol–water partition coefficient (Wildman–Crippen LogP) is 5.58. The van der Waals surface area contributed by atoms with Crippen molar-refractivity contribution in [2.45, 2.75) is 0 Å². The van der Waals surface area contributed by atoms with E-state index in [1.807, 2.05) is 4.52 Å². The van der Waals surface area contributed by atoms with Gasteiger partial charge in [-0.15, -0.1) is 34.5 Å². The Morgan fingerprint density at radius 3 is 1.89 bits per heavy atom. The van der Waals surface area contributed by atoms with E-state index >= 15 is 0 Å². The molecule has 0 amide bonds.